The fourth-order valence-corrected chi connectivity index (χ4v) is 4.32. The van der Waals surface area contributed by atoms with Crippen molar-refractivity contribution in [1.82, 2.24) is 14.8 Å². The lowest BCUT2D eigenvalue weighted by Crippen LogP contribution is -2.36. The zero-order valence-corrected chi connectivity index (χ0v) is 16.9. The molecule has 0 unspecified atom stereocenters. The Morgan fingerprint density at radius 1 is 1.22 bits per heavy atom. The minimum atomic E-state index is -3.39. The van der Waals surface area contributed by atoms with Gasteiger partial charge in [-0.05, 0) is 18.1 Å². The first-order chi connectivity index (χ1) is 12.9. The number of sulfonamides is 1. The van der Waals surface area contributed by atoms with E-state index in [-0.39, 0.29) is 12.3 Å². The number of hydrogen-bond donors (Lipinski definition) is 1. The molecule has 1 saturated heterocycles. The normalized spacial score (nSPS) is 16.1. The molecule has 7 nitrogen and oxygen atoms in total. The fourth-order valence-electron chi connectivity index (χ4n) is 3.17. The molecular formula is C18H24N4O3S2. The zero-order chi connectivity index (χ0) is 19.3. The van der Waals surface area contributed by atoms with Crippen LogP contribution in [-0.2, 0) is 27.8 Å². The molecule has 0 bridgehead atoms. The second kappa shape index (κ2) is 8.81. The minimum Gasteiger partial charge on any atom is -0.341 e. The molecule has 2 aromatic rings. The summed E-state index contributed by atoms with van der Waals surface area (Å²) < 4.78 is 25.6. The van der Waals surface area contributed by atoms with Gasteiger partial charge in [-0.15, -0.1) is 11.3 Å². The van der Waals surface area contributed by atoms with E-state index < -0.39 is 10.0 Å². The Balaban J connectivity index is 1.60. The van der Waals surface area contributed by atoms with E-state index in [9.17, 15) is 13.2 Å². The summed E-state index contributed by atoms with van der Waals surface area (Å²) in [5.74, 6) is 0.0215. The van der Waals surface area contributed by atoms with E-state index in [2.05, 4.69) is 20.0 Å². The van der Waals surface area contributed by atoms with E-state index in [1.165, 1.54) is 0 Å². The number of carbonyl (C=O) groups excluding carboxylic acids is 1. The number of rotatable bonds is 6. The number of nitrogens with one attached hydrogen (secondary N) is 1. The van der Waals surface area contributed by atoms with Crippen molar-refractivity contribution in [2.75, 3.05) is 37.2 Å². The summed E-state index contributed by atoms with van der Waals surface area (Å²) in [6.07, 6.45) is 2.21. The van der Waals surface area contributed by atoms with Crippen LogP contribution in [0.15, 0.2) is 35.2 Å². The van der Waals surface area contributed by atoms with Crippen molar-refractivity contribution in [3.8, 4) is 0 Å². The van der Waals surface area contributed by atoms with Gasteiger partial charge in [0, 0.05) is 38.1 Å². The highest BCUT2D eigenvalue weighted by Crippen LogP contribution is 2.18. The SMILES string of the molecule is CS(=O)(=O)Nc1ccccc1CC(=O)N1CCCN(Cc2cscn2)CC1. The zero-order valence-electron chi connectivity index (χ0n) is 15.3. The first-order valence-electron chi connectivity index (χ1n) is 8.83. The number of thiazole rings is 1. The predicted octanol–water partition coefficient (Wildman–Crippen LogP) is 1.79. The van der Waals surface area contributed by atoms with Crippen LogP contribution in [0.25, 0.3) is 0 Å². The summed E-state index contributed by atoms with van der Waals surface area (Å²) >= 11 is 1.59. The molecule has 3 rings (SSSR count). The summed E-state index contributed by atoms with van der Waals surface area (Å²) in [5, 5.41) is 2.06. The standard InChI is InChI=1S/C18H24N4O3S2/c1-27(24,25)20-17-6-3-2-5-15(17)11-18(23)22-8-4-7-21(9-10-22)12-16-13-26-14-19-16/h2-3,5-6,13-14,20H,4,7-12H2,1H3. The van der Waals surface area contributed by atoms with Crippen molar-refractivity contribution in [3.63, 3.8) is 0 Å². The molecule has 1 aromatic carbocycles. The van der Waals surface area contributed by atoms with Crippen LogP contribution in [0.3, 0.4) is 0 Å². The number of benzene rings is 1. The lowest BCUT2D eigenvalue weighted by atomic mass is 10.1. The van der Waals surface area contributed by atoms with Gasteiger partial charge >= 0.3 is 0 Å². The maximum atomic E-state index is 12.8. The number of carbonyl (C=O) groups is 1. The molecule has 0 spiro atoms. The molecule has 0 radical (unpaired) electrons. The largest absolute Gasteiger partial charge is 0.341 e. The molecule has 2 heterocycles. The van der Waals surface area contributed by atoms with Gasteiger partial charge in [0.05, 0.1) is 29.6 Å². The van der Waals surface area contributed by atoms with Crippen molar-refractivity contribution in [2.24, 2.45) is 0 Å². The van der Waals surface area contributed by atoms with Crippen molar-refractivity contribution in [3.05, 3.63) is 46.4 Å². The van der Waals surface area contributed by atoms with E-state index in [0.29, 0.717) is 24.3 Å². The molecule has 9 heteroatoms. The molecule has 0 atom stereocenters. The Kier molecular flexibility index (Phi) is 6.46. The Hall–Kier alpha value is -1.97. The number of amides is 1. The summed E-state index contributed by atoms with van der Waals surface area (Å²) in [4.78, 5) is 21.3. The first kappa shape index (κ1) is 19.8. The van der Waals surface area contributed by atoms with Gasteiger partial charge in [-0.1, -0.05) is 18.2 Å². The molecule has 146 valence electrons. The van der Waals surface area contributed by atoms with Crippen LogP contribution in [0.5, 0.6) is 0 Å². The molecule has 0 aliphatic carbocycles. The lowest BCUT2D eigenvalue weighted by Gasteiger charge is -2.22. The second-order valence-corrected chi connectivity index (χ2v) is 9.17. The predicted molar refractivity (Wildman–Crippen MR) is 107 cm³/mol. The van der Waals surface area contributed by atoms with Crippen molar-refractivity contribution >= 4 is 33.0 Å². The quantitative estimate of drug-likeness (QED) is 0.788. The monoisotopic (exact) mass is 408 g/mol. The van der Waals surface area contributed by atoms with Crippen molar-refractivity contribution in [1.29, 1.82) is 0 Å². The van der Waals surface area contributed by atoms with Gasteiger partial charge in [0.15, 0.2) is 0 Å². The molecule has 1 aliphatic rings. The highest BCUT2D eigenvalue weighted by Gasteiger charge is 2.21. The number of para-hydroxylation sites is 1. The van der Waals surface area contributed by atoms with E-state index in [4.69, 9.17) is 0 Å². The van der Waals surface area contributed by atoms with Gasteiger partial charge in [0.25, 0.3) is 0 Å². The van der Waals surface area contributed by atoms with Gasteiger partial charge in [-0.2, -0.15) is 0 Å². The average Bonchev–Trinajstić information content (AvgIpc) is 2.99. The molecule has 1 aromatic heterocycles. The topological polar surface area (TPSA) is 82.6 Å². The molecular weight excluding hydrogens is 384 g/mol. The van der Waals surface area contributed by atoms with Crippen LogP contribution in [0.2, 0.25) is 0 Å². The number of nitrogens with zero attached hydrogens (tertiary/aromatic N) is 3. The molecule has 27 heavy (non-hydrogen) atoms. The maximum Gasteiger partial charge on any atom is 0.229 e. The molecule has 1 amide bonds. The molecule has 1 aliphatic heterocycles. The van der Waals surface area contributed by atoms with Crippen LogP contribution in [0.4, 0.5) is 5.69 Å². The van der Waals surface area contributed by atoms with E-state index in [0.717, 1.165) is 38.0 Å². The Labute approximate surface area is 164 Å². The summed E-state index contributed by atoms with van der Waals surface area (Å²) in [6, 6.07) is 7.04. The smallest absolute Gasteiger partial charge is 0.229 e. The van der Waals surface area contributed by atoms with Gasteiger partial charge < -0.3 is 4.90 Å². The van der Waals surface area contributed by atoms with Crippen LogP contribution in [0.1, 0.15) is 17.7 Å². The van der Waals surface area contributed by atoms with Crippen LogP contribution < -0.4 is 4.72 Å². The van der Waals surface area contributed by atoms with Gasteiger partial charge in [-0.25, -0.2) is 13.4 Å². The van der Waals surface area contributed by atoms with Crippen LogP contribution in [0, 0.1) is 0 Å². The number of hydrogen-bond acceptors (Lipinski definition) is 6. The highest BCUT2D eigenvalue weighted by molar-refractivity contribution is 7.92. The second-order valence-electron chi connectivity index (χ2n) is 6.70. The van der Waals surface area contributed by atoms with E-state index in [1.54, 1.807) is 29.5 Å². The van der Waals surface area contributed by atoms with E-state index in [1.807, 2.05) is 16.5 Å². The molecule has 0 saturated carbocycles. The molecule has 1 fully saturated rings. The van der Waals surface area contributed by atoms with Crippen LogP contribution in [-0.4, -0.2) is 61.5 Å². The Morgan fingerprint density at radius 3 is 2.78 bits per heavy atom. The summed E-state index contributed by atoms with van der Waals surface area (Å²) in [6.45, 7) is 3.95. The lowest BCUT2D eigenvalue weighted by molar-refractivity contribution is -0.130. The fraction of sp³-hybridized carbons (Fsp3) is 0.444. The first-order valence-corrected chi connectivity index (χ1v) is 11.7. The third-order valence-electron chi connectivity index (χ3n) is 4.46. The Bertz CT molecular complexity index is 868. The minimum absolute atomic E-state index is 0.0215. The summed E-state index contributed by atoms with van der Waals surface area (Å²) in [5.41, 5.74) is 4.07. The van der Waals surface area contributed by atoms with Crippen molar-refractivity contribution < 1.29 is 13.2 Å². The van der Waals surface area contributed by atoms with Gasteiger partial charge in [0.2, 0.25) is 15.9 Å². The highest BCUT2D eigenvalue weighted by atomic mass is 32.2. The number of anilines is 1. The Morgan fingerprint density at radius 2 is 2.04 bits per heavy atom. The third-order valence-corrected chi connectivity index (χ3v) is 5.69. The van der Waals surface area contributed by atoms with E-state index >= 15 is 0 Å². The summed E-state index contributed by atoms with van der Waals surface area (Å²) in [7, 11) is -3.39. The van der Waals surface area contributed by atoms with Crippen LogP contribution >= 0.6 is 11.3 Å². The third kappa shape index (κ3) is 6.02. The maximum absolute atomic E-state index is 12.8. The average molecular weight is 409 g/mol. The van der Waals surface area contributed by atoms with Crippen molar-refractivity contribution in [2.45, 2.75) is 19.4 Å². The van der Waals surface area contributed by atoms with Gasteiger partial charge in [-0.3, -0.25) is 14.4 Å². The van der Waals surface area contributed by atoms with Gasteiger partial charge in [0.1, 0.15) is 0 Å². The molecule has 1 N–H and O–H groups in total. The number of aromatic nitrogens is 1.